The van der Waals surface area contributed by atoms with Gasteiger partial charge in [0.25, 0.3) is 0 Å². The normalized spacial score (nSPS) is 14.3. The molecule has 1 aromatic carbocycles. The van der Waals surface area contributed by atoms with Crippen LogP contribution in [-0.2, 0) is 10.2 Å². The lowest BCUT2D eigenvalue weighted by Gasteiger charge is -2.33. The number of carbonyl (C=O) groups excluding carboxylic acids is 1. The van der Waals surface area contributed by atoms with Crippen molar-refractivity contribution in [1.82, 2.24) is 5.32 Å². The van der Waals surface area contributed by atoms with Gasteiger partial charge in [-0.2, -0.15) is 0 Å². The molecule has 0 radical (unpaired) electrons. The average molecular weight is 271 g/mol. The average Bonchev–Trinajstić information content (AvgIpc) is 2.29. The van der Waals surface area contributed by atoms with Crippen molar-refractivity contribution < 1.29 is 4.79 Å². The summed E-state index contributed by atoms with van der Waals surface area (Å²) in [5.41, 5.74) is 6.64. The van der Waals surface area contributed by atoms with E-state index in [4.69, 9.17) is 5.73 Å². The summed E-state index contributed by atoms with van der Waals surface area (Å²) in [4.78, 5) is 11.6. The minimum Gasteiger partial charge on any atom is -0.351 e. The lowest BCUT2D eigenvalue weighted by molar-refractivity contribution is -0.123. The van der Waals surface area contributed by atoms with Crippen LogP contribution in [0.3, 0.4) is 0 Å². The molecule has 3 nitrogen and oxygen atoms in total. The molecule has 102 valence electrons. The molecule has 0 aliphatic heterocycles. The van der Waals surface area contributed by atoms with Crippen molar-refractivity contribution in [2.24, 2.45) is 5.73 Å². The van der Waals surface area contributed by atoms with E-state index in [0.29, 0.717) is 0 Å². The maximum Gasteiger partial charge on any atom is 0.236 e. The third-order valence-electron chi connectivity index (χ3n) is 3.37. The second-order valence-corrected chi connectivity index (χ2v) is 5.11. The molecule has 0 bridgehead atoms. The highest BCUT2D eigenvalue weighted by Crippen LogP contribution is 2.26. The minimum atomic E-state index is -0.468. The van der Waals surface area contributed by atoms with Crippen molar-refractivity contribution in [2.45, 2.75) is 45.2 Å². The fourth-order valence-electron chi connectivity index (χ4n) is 1.64. The zero-order valence-electron chi connectivity index (χ0n) is 11.4. The smallest absolute Gasteiger partial charge is 0.236 e. The van der Waals surface area contributed by atoms with E-state index in [2.05, 4.69) is 31.3 Å². The quantitative estimate of drug-likeness (QED) is 0.882. The predicted octanol–water partition coefficient (Wildman–Crippen LogP) is 2.24. The van der Waals surface area contributed by atoms with Crippen LogP contribution in [0.1, 0.15) is 33.3 Å². The van der Waals surface area contributed by atoms with Crippen molar-refractivity contribution in [3.8, 4) is 0 Å². The molecular formula is C14H23ClN2O. The summed E-state index contributed by atoms with van der Waals surface area (Å²) < 4.78 is 0. The zero-order chi connectivity index (χ0) is 13.1. The van der Waals surface area contributed by atoms with Gasteiger partial charge in [-0.15, -0.1) is 12.4 Å². The number of rotatable bonds is 4. The first-order valence-electron chi connectivity index (χ1n) is 5.97. The van der Waals surface area contributed by atoms with Crippen molar-refractivity contribution in [1.29, 1.82) is 0 Å². The van der Waals surface area contributed by atoms with Crippen LogP contribution in [0.2, 0.25) is 0 Å². The number of nitrogens with two attached hydrogens (primary N) is 1. The Balaban J connectivity index is 0.00000289. The monoisotopic (exact) mass is 270 g/mol. The Labute approximate surface area is 116 Å². The van der Waals surface area contributed by atoms with Gasteiger partial charge in [-0.05, 0) is 19.4 Å². The van der Waals surface area contributed by atoms with Crippen LogP contribution in [0.4, 0.5) is 0 Å². The van der Waals surface area contributed by atoms with Crippen LogP contribution in [-0.4, -0.2) is 18.0 Å². The highest BCUT2D eigenvalue weighted by molar-refractivity contribution is 5.85. The Morgan fingerprint density at radius 1 is 1.22 bits per heavy atom. The number of amides is 1. The molecular weight excluding hydrogens is 248 g/mol. The molecule has 0 fully saturated rings. The summed E-state index contributed by atoms with van der Waals surface area (Å²) in [6.45, 7) is 7.94. The maximum atomic E-state index is 11.6. The van der Waals surface area contributed by atoms with Crippen LogP contribution in [0.5, 0.6) is 0 Å². The van der Waals surface area contributed by atoms with Gasteiger partial charge < -0.3 is 11.1 Å². The Morgan fingerprint density at radius 3 is 2.17 bits per heavy atom. The molecule has 0 spiro atoms. The van der Waals surface area contributed by atoms with Gasteiger partial charge in [0, 0.05) is 11.5 Å². The van der Waals surface area contributed by atoms with Gasteiger partial charge in [-0.3, -0.25) is 4.79 Å². The van der Waals surface area contributed by atoms with E-state index in [0.717, 1.165) is 0 Å². The molecule has 0 saturated heterocycles. The van der Waals surface area contributed by atoms with Gasteiger partial charge >= 0.3 is 0 Å². The number of hydrogen-bond acceptors (Lipinski definition) is 2. The highest BCUT2D eigenvalue weighted by atomic mass is 35.5. The summed E-state index contributed by atoms with van der Waals surface area (Å²) in [6.07, 6.45) is 0. The molecule has 0 saturated carbocycles. The summed E-state index contributed by atoms with van der Waals surface area (Å²) in [7, 11) is 0. The van der Waals surface area contributed by atoms with Crippen molar-refractivity contribution >= 4 is 18.3 Å². The van der Waals surface area contributed by atoms with Gasteiger partial charge in [0.15, 0.2) is 0 Å². The van der Waals surface area contributed by atoms with Gasteiger partial charge in [0.05, 0.1) is 6.04 Å². The summed E-state index contributed by atoms with van der Waals surface area (Å²) in [6, 6.07) is 9.73. The molecule has 0 heterocycles. The van der Waals surface area contributed by atoms with Crippen LogP contribution >= 0.6 is 12.4 Å². The van der Waals surface area contributed by atoms with E-state index < -0.39 is 6.04 Å². The minimum absolute atomic E-state index is 0. The molecule has 1 aromatic rings. The summed E-state index contributed by atoms with van der Waals surface area (Å²) in [5, 5.41) is 2.95. The summed E-state index contributed by atoms with van der Waals surface area (Å²) in [5.74, 6) is -0.110. The number of nitrogens with one attached hydrogen (secondary N) is 1. The second kappa shape index (κ2) is 6.76. The van der Waals surface area contributed by atoms with Crippen molar-refractivity contribution in [3.63, 3.8) is 0 Å². The molecule has 18 heavy (non-hydrogen) atoms. The fourth-order valence-corrected chi connectivity index (χ4v) is 1.64. The van der Waals surface area contributed by atoms with E-state index in [1.807, 2.05) is 25.1 Å². The van der Waals surface area contributed by atoms with E-state index in [-0.39, 0.29) is 29.8 Å². The first kappa shape index (κ1) is 16.9. The molecule has 1 unspecified atom stereocenters. The van der Waals surface area contributed by atoms with Gasteiger partial charge in [-0.25, -0.2) is 0 Å². The molecule has 0 aromatic heterocycles. The van der Waals surface area contributed by atoms with Crippen LogP contribution in [0.15, 0.2) is 30.3 Å². The Hall–Kier alpha value is -1.06. The Kier molecular flexibility index (Phi) is 6.36. The lowest BCUT2D eigenvalue weighted by Crippen LogP contribution is -2.50. The van der Waals surface area contributed by atoms with Crippen LogP contribution in [0.25, 0.3) is 0 Å². The van der Waals surface area contributed by atoms with E-state index >= 15 is 0 Å². The molecule has 3 N–H and O–H groups in total. The van der Waals surface area contributed by atoms with Crippen LogP contribution in [0, 0.1) is 0 Å². The third-order valence-corrected chi connectivity index (χ3v) is 3.37. The SMILES string of the molecule is CC(NC(=O)[C@H](C)N)C(C)(C)c1ccccc1.Cl. The second-order valence-electron chi connectivity index (χ2n) is 5.11. The largest absolute Gasteiger partial charge is 0.351 e. The molecule has 0 aliphatic carbocycles. The molecule has 1 rings (SSSR count). The molecule has 1 amide bonds. The van der Waals surface area contributed by atoms with E-state index in [9.17, 15) is 4.79 Å². The van der Waals surface area contributed by atoms with Crippen molar-refractivity contribution in [3.05, 3.63) is 35.9 Å². The lowest BCUT2D eigenvalue weighted by atomic mass is 9.78. The van der Waals surface area contributed by atoms with Gasteiger partial charge in [0.2, 0.25) is 5.91 Å². The van der Waals surface area contributed by atoms with E-state index in [1.54, 1.807) is 6.92 Å². The van der Waals surface area contributed by atoms with E-state index in [1.165, 1.54) is 5.56 Å². The highest BCUT2D eigenvalue weighted by Gasteiger charge is 2.29. The standard InChI is InChI=1S/C14H22N2O.ClH/c1-10(15)13(17)16-11(2)14(3,4)12-8-6-5-7-9-12;/h5-11H,15H2,1-4H3,(H,16,17);1H/t10-,11?;/m0./s1. The van der Waals surface area contributed by atoms with Gasteiger partial charge in [0.1, 0.15) is 0 Å². The predicted molar refractivity (Wildman–Crippen MR) is 78.0 cm³/mol. The molecule has 4 heteroatoms. The molecule has 0 aliphatic rings. The van der Waals surface area contributed by atoms with Crippen molar-refractivity contribution in [2.75, 3.05) is 0 Å². The Morgan fingerprint density at radius 2 is 1.72 bits per heavy atom. The fraction of sp³-hybridized carbons (Fsp3) is 0.500. The number of halogens is 1. The van der Waals surface area contributed by atoms with Gasteiger partial charge in [-0.1, -0.05) is 44.2 Å². The third kappa shape index (κ3) is 4.00. The summed E-state index contributed by atoms with van der Waals surface area (Å²) >= 11 is 0. The number of carbonyl (C=O) groups is 1. The molecule has 2 atom stereocenters. The zero-order valence-corrected chi connectivity index (χ0v) is 12.3. The Bertz CT molecular complexity index is 377. The first-order chi connectivity index (χ1) is 7.85. The first-order valence-corrected chi connectivity index (χ1v) is 5.97. The topological polar surface area (TPSA) is 55.1 Å². The number of hydrogen-bond donors (Lipinski definition) is 2. The maximum absolute atomic E-state index is 11.6. The van der Waals surface area contributed by atoms with Crippen LogP contribution < -0.4 is 11.1 Å². The number of benzene rings is 1.